The van der Waals surface area contributed by atoms with E-state index in [9.17, 15) is 4.79 Å². The van der Waals surface area contributed by atoms with Crippen LogP contribution in [0.3, 0.4) is 0 Å². The number of hydrogen-bond acceptors (Lipinski definition) is 3. The Hall–Kier alpha value is -0.280. The molecule has 1 saturated carbocycles. The molecule has 2 atom stereocenters. The molecule has 1 fully saturated rings. The quantitative estimate of drug-likeness (QED) is 0.699. The van der Waals surface area contributed by atoms with Gasteiger partial charge in [0.2, 0.25) is 0 Å². The lowest BCUT2D eigenvalue weighted by Crippen LogP contribution is -2.30. The zero-order valence-corrected chi connectivity index (χ0v) is 8.81. The summed E-state index contributed by atoms with van der Waals surface area (Å²) >= 11 is 0. The molecule has 1 aliphatic rings. The Bertz CT molecular complexity index is 164. The lowest BCUT2D eigenvalue weighted by molar-refractivity contribution is -0.142. The van der Waals surface area contributed by atoms with Gasteiger partial charge < -0.3 is 10.5 Å². The van der Waals surface area contributed by atoms with E-state index in [1.165, 1.54) is 13.3 Å². The van der Waals surface area contributed by atoms with Crippen molar-refractivity contribution in [1.82, 2.24) is 0 Å². The summed E-state index contributed by atoms with van der Waals surface area (Å²) in [6, 6.07) is 0.319. The fraction of sp³-hybridized carbons (Fsp3) is 0.889. The Morgan fingerprint density at radius 1 is 1.54 bits per heavy atom. The maximum Gasteiger partial charge on any atom is 0.302 e. The Labute approximate surface area is 85.4 Å². The highest BCUT2D eigenvalue weighted by Crippen LogP contribution is 2.23. The number of nitrogens with two attached hydrogens (primary N) is 1. The van der Waals surface area contributed by atoms with Gasteiger partial charge in [-0.25, -0.2) is 0 Å². The van der Waals surface area contributed by atoms with Gasteiger partial charge in [-0.2, -0.15) is 0 Å². The maximum atomic E-state index is 10.5. The van der Waals surface area contributed by atoms with Crippen LogP contribution in [0.5, 0.6) is 0 Å². The molecule has 0 aromatic rings. The molecule has 2 N–H and O–H groups in total. The second-order valence-electron chi connectivity index (χ2n) is 3.60. The maximum absolute atomic E-state index is 10.5. The number of ether oxygens (including phenoxy) is 1. The molecule has 0 radical (unpaired) electrons. The zero-order chi connectivity index (χ0) is 8.97. The molecule has 0 amide bonds. The summed E-state index contributed by atoms with van der Waals surface area (Å²) < 4.78 is 4.94. The van der Waals surface area contributed by atoms with Crippen molar-refractivity contribution in [2.45, 2.75) is 38.6 Å². The van der Waals surface area contributed by atoms with Gasteiger partial charge in [0.1, 0.15) is 0 Å². The van der Waals surface area contributed by atoms with Crippen LogP contribution in [0.1, 0.15) is 32.6 Å². The Morgan fingerprint density at radius 2 is 2.23 bits per heavy atom. The van der Waals surface area contributed by atoms with Crippen LogP contribution >= 0.6 is 12.4 Å². The highest BCUT2D eigenvalue weighted by atomic mass is 35.5. The minimum absolute atomic E-state index is 0. The van der Waals surface area contributed by atoms with Gasteiger partial charge in [0, 0.05) is 13.0 Å². The summed E-state index contributed by atoms with van der Waals surface area (Å²) in [6.07, 6.45) is 4.46. The van der Waals surface area contributed by atoms with Crippen LogP contribution in [0.4, 0.5) is 0 Å². The molecule has 2 unspecified atom stereocenters. The fourth-order valence-electron chi connectivity index (χ4n) is 1.72. The molecule has 1 rings (SSSR count). The largest absolute Gasteiger partial charge is 0.466 e. The van der Waals surface area contributed by atoms with Crippen LogP contribution in [-0.4, -0.2) is 18.6 Å². The van der Waals surface area contributed by atoms with Gasteiger partial charge in [-0.15, -0.1) is 12.4 Å². The summed E-state index contributed by atoms with van der Waals surface area (Å²) in [5.74, 6) is 0.312. The van der Waals surface area contributed by atoms with Crippen LogP contribution in [-0.2, 0) is 9.53 Å². The zero-order valence-electron chi connectivity index (χ0n) is 7.99. The molecule has 0 heterocycles. The average molecular weight is 208 g/mol. The third-order valence-electron chi connectivity index (χ3n) is 2.35. The van der Waals surface area contributed by atoms with Gasteiger partial charge in [0.25, 0.3) is 0 Å². The second kappa shape index (κ2) is 6.22. The first kappa shape index (κ1) is 12.7. The third kappa shape index (κ3) is 5.11. The summed E-state index contributed by atoms with van der Waals surface area (Å²) in [5, 5.41) is 0. The molecule has 78 valence electrons. The van der Waals surface area contributed by atoms with Crippen LogP contribution in [0.25, 0.3) is 0 Å². The third-order valence-corrected chi connectivity index (χ3v) is 2.35. The second-order valence-corrected chi connectivity index (χ2v) is 3.60. The van der Waals surface area contributed by atoms with E-state index in [1.807, 2.05) is 0 Å². The Balaban J connectivity index is 0.00000144. The standard InChI is InChI=1S/C9H17NO2.ClH/c1-7(11)12-6-8-3-2-4-9(10)5-8;/h8-9H,2-6,10H2,1H3;1H. The summed E-state index contributed by atoms with van der Waals surface area (Å²) in [7, 11) is 0. The minimum atomic E-state index is -0.186. The Morgan fingerprint density at radius 3 is 2.77 bits per heavy atom. The van der Waals surface area contributed by atoms with E-state index in [2.05, 4.69) is 0 Å². The van der Waals surface area contributed by atoms with Gasteiger partial charge in [0.05, 0.1) is 6.61 Å². The van der Waals surface area contributed by atoms with Crippen LogP contribution in [0.2, 0.25) is 0 Å². The van der Waals surface area contributed by atoms with E-state index >= 15 is 0 Å². The molecule has 0 bridgehead atoms. The lowest BCUT2D eigenvalue weighted by atomic mass is 9.87. The highest BCUT2D eigenvalue weighted by molar-refractivity contribution is 5.85. The number of hydrogen-bond donors (Lipinski definition) is 1. The van der Waals surface area contributed by atoms with E-state index < -0.39 is 0 Å². The van der Waals surface area contributed by atoms with Gasteiger partial charge in [-0.1, -0.05) is 6.42 Å². The average Bonchev–Trinajstić information content (AvgIpc) is 2.01. The van der Waals surface area contributed by atoms with Gasteiger partial charge in [-0.3, -0.25) is 4.79 Å². The monoisotopic (exact) mass is 207 g/mol. The number of esters is 1. The van der Waals surface area contributed by atoms with Gasteiger partial charge in [-0.05, 0) is 25.2 Å². The van der Waals surface area contributed by atoms with E-state index in [4.69, 9.17) is 10.5 Å². The van der Waals surface area contributed by atoms with Crippen molar-refractivity contribution in [1.29, 1.82) is 0 Å². The van der Waals surface area contributed by atoms with Crippen molar-refractivity contribution in [3.63, 3.8) is 0 Å². The van der Waals surface area contributed by atoms with Crippen LogP contribution in [0.15, 0.2) is 0 Å². The van der Waals surface area contributed by atoms with E-state index in [0.717, 1.165) is 19.3 Å². The molecule has 0 aromatic carbocycles. The van der Waals surface area contributed by atoms with Crippen molar-refractivity contribution in [3.05, 3.63) is 0 Å². The van der Waals surface area contributed by atoms with Crippen molar-refractivity contribution in [2.24, 2.45) is 11.7 Å². The van der Waals surface area contributed by atoms with Gasteiger partial charge >= 0.3 is 5.97 Å². The fourth-order valence-corrected chi connectivity index (χ4v) is 1.72. The molecule has 0 aromatic heterocycles. The smallest absolute Gasteiger partial charge is 0.302 e. The first-order valence-corrected chi connectivity index (χ1v) is 4.57. The molecule has 4 heteroatoms. The Kier molecular flexibility index (Phi) is 6.08. The van der Waals surface area contributed by atoms with Crippen molar-refractivity contribution in [2.75, 3.05) is 6.61 Å². The molecule has 13 heavy (non-hydrogen) atoms. The summed E-state index contributed by atoms with van der Waals surface area (Å²) in [6.45, 7) is 2.01. The molecular formula is C9H18ClNO2. The number of carbonyl (C=O) groups excluding carboxylic acids is 1. The molecule has 3 nitrogen and oxygen atoms in total. The number of rotatable bonds is 2. The van der Waals surface area contributed by atoms with E-state index in [1.54, 1.807) is 0 Å². The molecule has 0 spiro atoms. The SMILES string of the molecule is CC(=O)OCC1CCCC(N)C1.Cl. The summed E-state index contributed by atoms with van der Waals surface area (Å²) in [5.41, 5.74) is 5.79. The van der Waals surface area contributed by atoms with E-state index in [-0.39, 0.29) is 18.4 Å². The van der Waals surface area contributed by atoms with Crippen molar-refractivity contribution >= 4 is 18.4 Å². The number of carbonyl (C=O) groups is 1. The minimum Gasteiger partial charge on any atom is -0.466 e. The van der Waals surface area contributed by atoms with E-state index in [0.29, 0.717) is 18.6 Å². The first-order chi connectivity index (χ1) is 5.68. The van der Waals surface area contributed by atoms with Crippen LogP contribution < -0.4 is 5.73 Å². The predicted octanol–water partition coefficient (Wildman–Crippen LogP) is 1.49. The molecular weight excluding hydrogens is 190 g/mol. The predicted molar refractivity (Wildman–Crippen MR) is 53.8 cm³/mol. The first-order valence-electron chi connectivity index (χ1n) is 4.57. The molecule has 1 aliphatic carbocycles. The summed E-state index contributed by atoms with van der Waals surface area (Å²) in [4.78, 5) is 10.5. The number of halogens is 1. The normalized spacial score (nSPS) is 27.5. The molecule has 0 saturated heterocycles. The van der Waals surface area contributed by atoms with Crippen LogP contribution in [0, 0.1) is 5.92 Å². The molecule has 0 aliphatic heterocycles. The lowest BCUT2D eigenvalue weighted by Gasteiger charge is -2.25. The van der Waals surface area contributed by atoms with Crippen molar-refractivity contribution < 1.29 is 9.53 Å². The highest BCUT2D eigenvalue weighted by Gasteiger charge is 2.19. The topological polar surface area (TPSA) is 52.3 Å². The van der Waals surface area contributed by atoms with Gasteiger partial charge in [0.15, 0.2) is 0 Å². The van der Waals surface area contributed by atoms with Crippen molar-refractivity contribution in [3.8, 4) is 0 Å².